The van der Waals surface area contributed by atoms with Gasteiger partial charge in [-0.2, -0.15) is 13.2 Å². The molecule has 0 fully saturated rings. The zero-order chi connectivity index (χ0) is 10.1. The van der Waals surface area contributed by atoms with Gasteiger partial charge in [-0.1, -0.05) is 0 Å². The molecule has 1 N–H and O–H groups in total. The Morgan fingerprint density at radius 1 is 1.38 bits per heavy atom. The van der Waals surface area contributed by atoms with E-state index in [2.05, 4.69) is 4.98 Å². The zero-order valence-corrected chi connectivity index (χ0v) is 6.27. The summed E-state index contributed by atoms with van der Waals surface area (Å²) in [7, 11) is 0. The molecule has 1 aromatic rings. The van der Waals surface area contributed by atoms with Crippen molar-refractivity contribution in [1.29, 1.82) is 0 Å². The van der Waals surface area contributed by atoms with Crippen LogP contribution < -0.4 is 0 Å². The van der Waals surface area contributed by atoms with Crippen molar-refractivity contribution in [2.75, 3.05) is 0 Å². The molecule has 2 nitrogen and oxygen atoms in total. The molecule has 1 heterocycles. The van der Waals surface area contributed by atoms with E-state index in [0.717, 1.165) is 6.20 Å². The predicted octanol–water partition coefficient (Wildman–Crippen LogP) is 1.73. The van der Waals surface area contributed by atoms with Crippen LogP contribution in [0.15, 0.2) is 12.3 Å². The fourth-order valence-electron chi connectivity index (χ4n) is 0.773. The second-order valence-electron chi connectivity index (χ2n) is 2.33. The quantitative estimate of drug-likeness (QED) is 0.692. The van der Waals surface area contributed by atoms with Crippen molar-refractivity contribution in [3.63, 3.8) is 0 Å². The Labute approximate surface area is 70.8 Å². The third-order valence-corrected chi connectivity index (χ3v) is 1.35. The van der Waals surface area contributed by atoms with Crippen molar-refractivity contribution in [2.24, 2.45) is 0 Å². The molecule has 0 spiro atoms. The fourth-order valence-corrected chi connectivity index (χ4v) is 0.773. The zero-order valence-electron chi connectivity index (χ0n) is 6.27. The number of rotatable bonds is 1. The van der Waals surface area contributed by atoms with Crippen LogP contribution in [-0.4, -0.2) is 10.1 Å². The van der Waals surface area contributed by atoms with E-state index in [1.807, 2.05) is 0 Å². The minimum absolute atomic E-state index is 0.00509. The second kappa shape index (κ2) is 3.29. The molecule has 0 aliphatic carbocycles. The van der Waals surface area contributed by atoms with Crippen LogP contribution >= 0.6 is 0 Å². The highest BCUT2D eigenvalue weighted by atomic mass is 19.4. The lowest BCUT2D eigenvalue weighted by molar-refractivity contribution is -0.143. The van der Waals surface area contributed by atoms with E-state index in [0.29, 0.717) is 6.07 Å². The summed E-state index contributed by atoms with van der Waals surface area (Å²) >= 11 is 0. The largest absolute Gasteiger partial charge is 0.436 e. The maximum absolute atomic E-state index is 12.6. The third kappa shape index (κ3) is 2.15. The second-order valence-corrected chi connectivity index (χ2v) is 2.33. The van der Waals surface area contributed by atoms with Gasteiger partial charge in [-0.3, -0.25) is 0 Å². The Hall–Kier alpha value is -1.17. The molecule has 0 saturated heterocycles. The number of aliphatic hydroxyl groups is 1. The van der Waals surface area contributed by atoms with E-state index in [-0.39, 0.29) is 5.56 Å². The van der Waals surface area contributed by atoms with Crippen LogP contribution in [0, 0.1) is 5.82 Å². The summed E-state index contributed by atoms with van der Waals surface area (Å²) in [6, 6.07) is 0.607. The van der Waals surface area contributed by atoms with Gasteiger partial charge >= 0.3 is 6.18 Å². The molecule has 13 heavy (non-hydrogen) atoms. The molecular weight excluding hydrogens is 190 g/mol. The Kier molecular flexibility index (Phi) is 2.51. The average Bonchev–Trinajstić information content (AvgIpc) is 2.01. The van der Waals surface area contributed by atoms with Crippen LogP contribution in [0.25, 0.3) is 0 Å². The molecular formula is C7H5F4NO. The SMILES string of the molecule is OCc1cnc(C(F)(F)F)c(F)c1. The molecule has 0 saturated carbocycles. The van der Waals surface area contributed by atoms with E-state index in [1.54, 1.807) is 0 Å². The van der Waals surface area contributed by atoms with Gasteiger partial charge in [0.2, 0.25) is 0 Å². The van der Waals surface area contributed by atoms with Crippen LogP contribution in [0.4, 0.5) is 17.6 Å². The molecule has 0 aliphatic rings. The van der Waals surface area contributed by atoms with Crippen LogP contribution in [0.3, 0.4) is 0 Å². The molecule has 1 aromatic heterocycles. The van der Waals surface area contributed by atoms with Crippen molar-refractivity contribution in [2.45, 2.75) is 12.8 Å². The Balaban J connectivity index is 3.13. The number of aliphatic hydroxyl groups excluding tert-OH is 1. The van der Waals surface area contributed by atoms with E-state index >= 15 is 0 Å². The number of aromatic nitrogens is 1. The normalized spacial score (nSPS) is 11.8. The van der Waals surface area contributed by atoms with Crippen molar-refractivity contribution >= 4 is 0 Å². The summed E-state index contributed by atoms with van der Waals surface area (Å²) in [5.41, 5.74) is -1.56. The van der Waals surface area contributed by atoms with Gasteiger partial charge in [-0.05, 0) is 11.6 Å². The van der Waals surface area contributed by atoms with Crippen molar-refractivity contribution < 1.29 is 22.7 Å². The van der Waals surface area contributed by atoms with Crippen LogP contribution in [0.2, 0.25) is 0 Å². The van der Waals surface area contributed by atoms with Crippen LogP contribution in [-0.2, 0) is 12.8 Å². The number of pyridine rings is 1. The summed E-state index contributed by atoms with van der Waals surface area (Å²) in [6.45, 7) is -0.540. The van der Waals surface area contributed by atoms with Gasteiger partial charge in [0.1, 0.15) is 0 Å². The van der Waals surface area contributed by atoms with E-state index in [1.165, 1.54) is 0 Å². The van der Waals surface area contributed by atoms with Gasteiger partial charge in [-0.25, -0.2) is 9.37 Å². The monoisotopic (exact) mass is 195 g/mol. The first-order chi connectivity index (χ1) is 5.95. The van der Waals surface area contributed by atoms with E-state index < -0.39 is 24.3 Å². The molecule has 0 bridgehead atoms. The summed E-state index contributed by atoms with van der Waals surface area (Å²) in [4.78, 5) is 2.86. The van der Waals surface area contributed by atoms with Crippen molar-refractivity contribution in [1.82, 2.24) is 4.98 Å². The van der Waals surface area contributed by atoms with Gasteiger partial charge < -0.3 is 5.11 Å². The van der Waals surface area contributed by atoms with Gasteiger partial charge in [0.25, 0.3) is 0 Å². The highest BCUT2D eigenvalue weighted by Gasteiger charge is 2.35. The molecule has 0 radical (unpaired) electrons. The lowest BCUT2D eigenvalue weighted by Gasteiger charge is -2.06. The number of hydrogen-bond acceptors (Lipinski definition) is 2. The van der Waals surface area contributed by atoms with Gasteiger partial charge in [0, 0.05) is 6.20 Å². The average molecular weight is 195 g/mol. The molecule has 0 unspecified atom stereocenters. The molecule has 0 amide bonds. The molecule has 6 heteroatoms. The third-order valence-electron chi connectivity index (χ3n) is 1.35. The number of nitrogens with zero attached hydrogens (tertiary/aromatic N) is 1. The molecule has 0 atom stereocenters. The van der Waals surface area contributed by atoms with Crippen molar-refractivity contribution in [3.8, 4) is 0 Å². The lowest BCUT2D eigenvalue weighted by Crippen LogP contribution is -2.11. The Morgan fingerprint density at radius 2 is 2.00 bits per heavy atom. The Morgan fingerprint density at radius 3 is 2.38 bits per heavy atom. The Bertz CT molecular complexity index is 310. The molecule has 1 rings (SSSR count). The maximum atomic E-state index is 12.6. The van der Waals surface area contributed by atoms with E-state index in [9.17, 15) is 17.6 Å². The molecule has 0 aliphatic heterocycles. The topological polar surface area (TPSA) is 33.1 Å². The highest BCUT2D eigenvalue weighted by molar-refractivity contribution is 5.17. The first-order valence-electron chi connectivity index (χ1n) is 3.27. The predicted molar refractivity (Wildman–Crippen MR) is 35.1 cm³/mol. The molecule has 72 valence electrons. The number of hydrogen-bond donors (Lipinski definition) is 1. The van der Waals surface area contributed by atoms with Crippen molar-refractivity contribution in [3.05, 3.63) is 29.3 Å². The van der Waals surface area contributed by atoms with Crippen LogP contribution in [0.1, 0.15) is 11.3 Å². The highest BCUT2D eigenvalue weighted by Crippen LogP contribution is 2.29. The summed E-state index contributed by atoms with van der Waals surface area (Å²) < 4.78 is 48.4. The maximum Gasteiger partial charge on any atom is 0.436 e. The first kappa shape index (κ1) is 9.91. The summed E-state index contributed by atoms with van der Waals surface area (Å²) in [5.74, 6) is -1.47. The van der Waals surface area contributed by atoms with Gasteiger partial charge in [0.05, 0.1) is 6.61 Å². The lowest BCUT2D eigenvalue weighted by atomic mass is 10.2. The molecule has 0 aromatic carbocycles. The van der Waals surface area contributed by atoms with Crippen LogP contribution in [0.5, 0.6) is 0 Å². The van der Waals surface area contributed by atoms with Gasteiger partial charge in [0.15, 0.2) is 11.5 Å². The fraction of sp³-hybridized carbons (Fsp3) is 0.286. The number of alkyl halides is 3. The minimum atomic E-state index is -4.79. The summed E-state index contributed by atoms with van der Waals surface area (Å²) in [5, 5.41) is 8.47. The minimum Gasteiger partial charge on any atom is -0.392 e. The first-order valence-corrected chi connectivity index (χ1v) is 3.27. The van der Waals surface area contributed by atoms with Gasteiger partial charge in [-0.15, -0.1) is 0 Å². The standard InChI is InChI=1S/C7H5F4NO/c8-5-1-4(3-13)2-12-6(5)7(9,10)11/h1-2,13H,3H2. The smallest absolute Gasteiger partial charge is 0.392 e. The number of halogens is 4. The van der Waals surface area contributed by atoms with E-state index in [4.69, 9.17) is 5.11 Å². The summed E-state index contributed by atoms with van der Waals surface area (Å²) in [6.07, 6.45) is -4.01.